The molecule has 14 heteroatoms. The van der Waals surface area contributed by atoms with Gasteiger partial charge in [-0.1, -0.05) is 243 Å². The number of hydrogen-bond acceptors (Lipinski definition) is 4. The van der Waals surface area contributed by atoms with Crippen LogP contribution in [0.1, 0.15) is 0 Å². The van der Waals surface area contributed by atoms with E-state index in [1.165, 1.54) is 11.1 Å². The topological polar surface area (TPSA) is 58.9 Å². The van der Waals surface area contributed by atoms with Gasteiger partial charge in [-0.05, 0) is 166 Å². The molecule has 0 spiro atoms. The first-order chi connectivity index (χ1) is 36.0. The Kier molecular flexibility index (Phi) is 24.9. The van der Waals surface area contributed by atoms with Crippen LogP contribution in [0.15, 0.2) is 261 Å². The minimum atomic E-state index is 0.622. The van der Waals surface area contributed by atoms with Gasteiger partial charge in [0.1, 0.15) is 5.75 Å². The predicted molar refractivity (Wildman–Crippen MR) is 335 cm³/mol. The van der Waals surface area contributed by atoms with Gasteiger partial charge in [-0.2, -0.15) is 0 Å². The van der Waals surface area contributed by atoms with E-state index in [0.717, 1.165) is 81.0 Å². The average Bonchev–Trinajstić information content (AvgIpc) is 3.43. The van der Waals surface area contributed by atoms with Crippen LogP contribution in [-0.4, -0.2) is 25.4 Å². The molecule has 0 fully saturated rings. The van der Waals surface area contributed by atoms with Crippen LogP contribution < -0.4 is 9.31 Å². The highest BCUT2D eigenvalue weighted by Gasteiger charge is 2.13. The summed E-state index contributed by atoms with van der Waals surface area (Å²) in [6.07, 6.45) is 0. The lowest BCUT2D eigenvalue weighted by Gasteiger charge is -2.14. The van der Waals surface area contributed by atoms with Crippen molar-refractivity contribution in [2.24, 2.45) is 0 Å². The largest absolute Gasteiger partial charge is 0.569 e. The monoisotopic (exact) mass is 1400 g/mol. The number of rotatable bonds is 9. The Hall–Kier alpha value is -4.63. The standard InChI is InChI=1S/C24H16BrCl.C12H9BBrO2.C12H8BrCl.C6H6BO2.C6H3BrClI/c25-23-13-7-6-12-21(23)19-10-4-5-11-20(19)22-15-14-18(16-24(22)26)17-8-2-1-3-9-17;14-11-7-3-1-5-9(11)10-6-2-4-8-12(10)16-13-15;13-11-7-6-10(8-12(11)14)9-4-2-1-3-5-9;8-7-9-6-4-2-1-3-5-6;7-5-2-1-4(9)3-6(5)8/h1-16H;1-8,15H;1-8H;1-5,8H;1-3H. The van der Waals surface area contributed by atoms with E-state index in [2.05, 4.69) is 170 Å². The second kappa shape index (κ2) is 31.4. The molecule has 0 aromatic heterocycles. The maximum atomic E-state index is 8.70. The lowest BCUT2D eigenvalue weighted by molar-refractivity contribution is 0.453. The second-order valence-electron chi connectivity index (χ2n) is 15.4. The summed E-state index contributed by atoms with van der Waals surface area (Å²) < 4.78 is 14.8. The van der Waals surface area contributed by atoms with Crippen molar-refractivity contribution in [2.45, 2.75) is 0 Å². The van der Waals surface area contributed by atoms with Crippen molar-refractivity contribution in [3.05, 3.63) is 279 Å². The molecule has 368 valence electrons. The molecule has 0 unspecified atom stereocenters. The third-order valence-corrected chi connectivity index (χ3v) is 15.4. The summed E-state index contributed by atoms with van der Waals surface area (Å²) in [4.78, 5) is 0. The van der Waals surface area contributed by atoms with E-state index in [1.807, 2.05) is 152 Å². The van der Waals surface area contributed by atoms with Gasteiger partial charge in [0.25, 0.3) is 0 Å². The molecule has 0 heterocycles. The minimum absolute atomic E-state index is 0.622. The van der Waals surface area contributed by atoms with Gasteiger partial charge in [-0.25, -0.2) is 0 Å². The second-order valence-corrected chi connectivity index (χ2v) is 21.3. The van der Waals surface area contributed by atoms with Crippen molar-refractivity contribution in [2.75, 3.05) is 0 Å². The van der Waals surface area contributed by atoms with Gasteiger partial charge in [0.15, 0.2) is 0 Å². The van der Waals surface area contributed by atoms with Gasteiger partial charge in [0.05, 0.1) is 15.8 Å². The van der Waals surface area contributed by atoms with Crippen LogP contribution in [0.5, 0.6) is 11.5 Å². The highest BCUT2D eigenvalue weighted by Crippen LogP contribution is 2.40. The summed E-state index contributed by atoms with van der Waals surface area (Å²) in [5.41, 5.74) is 11.1. The van der Waals surface area contributed by atoms with E-state index in [1.54, 1.807) is 12.1 Å². The molecule has 2 N–H and O–H groups in total. The SMILES string of the molecule is Clc1cc(-c2ccccc2)ccc1-c1ccccc1-c1ccccc1Br.Clc1cc(-c2ccccc2)ccc1Br.Clc1cc(I)ccc1Br.O[B]Oc1ccccc1.O[B]Oc1ccccc1-c1ccccc1Br. The summed E-state index contributed by atoms with van der Waals surface area (Å²) in [7, 11) is 1.35. The van der Waals surface area contributed by atoms with E-state index in [-0.39, 0.29) is 0 Å². The van der Waals surface area contributed by atoms with E-state index < -0.39 is 0 Å². The Labute approximate surface area is 497 Å². The van der Waals surface area contributed by atoms with Crippen molar-refractivity contribution in [3.63, 3.8) is 0 Å². The summed E-state index contributed by atoms with van der Waals surface area (Å²) in [6, 6.07) is 79.7. The molecule has 2 radical (unpaired) electrons. The van der Waals surface area contributed by atoms with Crippen molar-refractivity contribution >= 4 is 136 Å². The molecule has 0 saturated carbocycles. The zero-order valence-corrected chi connectivity index (χ0v) is 49.8. The molecule has 74 heavy (non-hydrogen) atoms. The molecule has 0 amide bonds. The van der Waals surface area contributed by atoms with Gasteiger partial charge < -0.3 is 19.4 Å². The number of benzene rings is 10. The van der Waals surface area contributed by atoms with Crippen molar-refractivity contribution in [3.8, 4) is 67.1 Å². The van der Waals surface area contributed by atoms with E-state index in [4.69, 9.17) is 49.5 Å². The summed E-state index contributed by atoms with van der Waals surface area (Å²) in [6.45, 7) is 0. The van der Waals surface area contributed by atoms with Crippen molar-refractivity contribution in [1.82, 2.24) is 0 Å². The molecule has 0 atom stereocenters. The lowest BCUT2D eigenvalue weighted by atomic mass is 9.93. The molecule has 10 aromatic carbocycles. The molecule has 0 aliphatic heterocycles. The molecule has 0 bridgehead atoms. The quantitative estimate of drug-likeness (QED) is 0.0859. The first-order valence-corrected chi connectivity index (χ1v) is 27.8. The third kappa shape index (κ3) is 18.0. The van der Waals surface area contributed by atoms with E-state index in [9.17, 15) is 0 Å². The summed E-state index contributed by atoms with van der Waals surface area (Å²) >= 11 is 34.5. The highest BCUT2D eigenvalue weighted by atomic mass is 127. The van der Waals surface area contributed by atoms with Crippen molar-refractivity contribution in [1.29, 1.82) is 0 Å². The van der Waals surface area contributed by atoms with Gasteiger partial charge >= 0.3 is 15.4 Å². The number of hydrogen-bond donors (Lipinski definition) is 2. The van der Waals surface area contributed by atoms with Crippen LogP contribution in [0.3, 0.4) is 0 Å². The van der Waals surface area contributed by atoms with Crippen LogP contribution in [0.2, 0.25) is 15.1 Å². The summed E-state index contributed by atoms with van der Waals surface area (Å²) in [5.74, 6) is 1.26. The molecule has 10 rings (SSSR count). The molecule has 4 nitrogen and oxygen atoms in total. The molecular formula is C60H42B2Br4Cl3IO4. The maximum absolute atomic E-state index is 8.70. The Morgan fingerprint density at radius 2 is 0.716 bits per heavy atom. The molecule has 0 aliphatic carbocycles. The van der Waals surface area contributed by atoms with Crippen LogP contribution in [-0.2, 0) is 0 Å². The fourth-order valence-electron chi connectivity index (χ4n) is 7.04. The van der Waals surface area contributed by atoms with Crippen LogP contribution in [0.4, 0.5) is 0 Å². The van der Waals surface area contributed by atoms with Crippen LogP contribution >= 0.6 is 121 Å². The van der Waals surface area contributed by atoms with Crippen LogP contribution in [0.25, 0.3) is 55.6 Å². The smallest absolute Gasteiger partial charge is 0.537 e. The highest BCUT2D eigenvalue weighted by molar-refractivity contribution is 14.1. The van der Waals surface area contributed by atoms with Crippen molar-refractivity contribution < 1.29 is 19.4 Å². The van der Waals surface area contributed by atoms with E-state index >= 15 is 0 Å². The Balaban J connectivity index is 0.000000161. The van der Waals surface area contributed by atoms with Gasteiger partial charge in [-0.15, -0.1) is 0 Å². The van der Waals surface area contributed by atoms with Gasteiger partial charge in [0, 0.05) is 37.6 Å². The minimum Gasteiger partial charge on any atom is -0.537 e. The average molecular weight is 1400 g/mol. The zero-order chi connectivity index (χ0) is 52.7. The predicted octanol–water partition coefficient (Wildman–Crippen LogP) is 20.2. The first kappa shape index (κ1) is 58.6. The number of halogens is 8. The van der Waals surface area contributed by atoms with Gasteiger partial charge in [-0.3, -0.25) is 0 Å². The van der Waals surface area contributed by atoms with E-state index in [0.29, 0.717) is 26.9 Å². The third-order valence-electron chi connectivity index (χ3n) is 10.5. The molecule has 0 aliphatic rings. The fourth-order valence-corrected chi connectivity index (χ4v) is 9.85. The maximum Gasteiger partial charge on any atom is 0.569 e. The van der Waals surface area contributed by atoms with Crippen LogP contribution in [0, 0.1) is 3.57 Å². The molecule has 10 aromatic rings. The lowest BCUT2D eigenvalue weighted by Crippen LogP contribution is -2.01. The summed E-state index contributed by atoms with van der Waals surface area (Å²) in [5, 5.41) is 19.1. The Morgan fingerprint density at radius 1 is 0.324 bits per heavy atom. The number of para-hydroxylation sites is 2. The normalized spacial score (nSPS) is 10.0. The fraction of sp³-hybridized carbons (Fsp3) is 0. The molecule has 0 saturated heterocycles. The Morgan fingerprint density at radius 3 is 1.19 bits per heavy atom. The molecular weight excluding hydrogens is 1360 g/mol. The first-order valence-electron chi connectivity index (χ1n) is 22.4. The Bertz CT molecular complexity index is 3330. The van der Waals surface area contributed by atoms with Gasteiger partial charge in [0.2, 0.25) is 0 Å². The zero-order valence-electron chi connectivity index (χ0n) is 39.0.